The highest BCUT2D eigenvalue weighted by Gasteiger charge is 2.30. The van der Waals surface area contributed by atoms with Crippen molar-refractivity contribution in [3.63, 3.8) is 0 Å². The van der Waals surface area contributed by atoms with Crippen LogP contribution in [0.3, 0.4) is 0 Å². The summed E-state index contributed by atoms with van der Waals surface area (Å²) in [5, 5.41) is 2.40. The van der Waals surface area contributed by atoms with Gasteiger partial charge in [0, 0.05) is 25.4 Å². The molecule has 0 atom stereocenters. The van der Waals surface area contributed by atoms with Crippen LogP contribution in [0.2, 0.25) is 0 Å². The Morgan fingerprint density at radius 3 is 2.78 bits per heavy atom. The maximum atomic E-state index is 12.7. The van der Waals surface area contributed by atoms with Gasteiger partial charge in [0.1, 0.15) is 5.69 Å². The van der Waals surface area contributed by atoms with E-state index < -0.39 is 11.7 Å². The molecule has 2 rings (SSSR count). The fraction of sp³-hybridized carbons (Fsp3) is 0.333. The molecule has 1 heterocycles. The van der Waals surface area contributed by atoms with Crippen LogP contribution in [0, 0.1) is 0 Å². The van der Waals surface area contributed by atoms with Crippen molar-refractivity contribution in [1.82, 2.24) is 9.88 Å². The molecule has 1 aromatic carbocycles. The maximum Gasteiger partial charge on any atom is 0.416 e. The number of rotatable bonds is 5. The monoisotopic (exact) mass is 343 g/mol. The van der Waals surface area contributed by atoms with E-state index in [0.29, 0.717) is 18.5 Å². The summed E-state index contributed by atoms with van der Waals surface area (Å²) in [4.78, 5) is 17.8. The fourth-order valence-corrected chi connectivity index (χ4v) is 2.82. The van der Waals surface area contributed by atoms with Crippen LogP contribution in [0.15, 0.2) is 29.6 Å². The molecule has 0 unspecified atom stereocenters. The molecule has 0 saturated carbocycles. The second-order valence-corrected chi connectivity index (χ2v) is 5.97. The summed E-state index contributed by atoms with van der Waals surface area (Å²) < 4.78 is 38.1. The highest BCUT2D eigenvalue weighted by molar-refractivity contribution is 7.09. The first-order valence-electron chi connectivity index (χ1n) is 6.87. The van der Waals surface area contributed by atoms with E-state index in [1.165, 1.54) is 29.4 Å². The lowest BCUT2D eigenvalue weighted by Gasteiger charge is -2.17. The summed E-state index contributed by atoms with van der Waals surface area (Å²) in [5.74, 6) is -0.332. The molecule has 8 heteroatoms. The molecule has 1 aromatic heterocycles. The number of nitrogens with two attached hydrogens (primary N) is 1. The van der Waals surface area contributed by atoms with Gasteiger partial charge in [-0.15, -0.1) is 11.3 Å². The van der Waals surface area contributed by atoms with Crippen LogP contribution >= 0.6 is 11.3 Å². The number of hydrogen-bond donors (Lipinski definition) is 1. The minimum Gasteiger partial charge on any atom is -0.336 e. The zero-order valence-corrected chi connectivity index (χ0v) is 13.2. The Morgan fingerprint density at radius 1 is 1.39 bits per heavy atom. The van der Waals surface area contributed by atoms with Crippen molar-refractivity contribution in [1.29, 1.82) is 0 Å². The summed E-state index contributed by atoms with van der Waals surface area (Å²) in [5.41, 5.74) is 5.40. The Labute approximate surface area is 135 Å². The fourth-order valence-electron chi connectivity index (χ4n) is 2.03. The summed E-state index contributed by atoms with van der Waals surface area (Å²) >= 11 is 1.34. The Bertz CT molecular complexity index is 685. The average Bonchev–Trinajstić information content (AvgIpc) is 2.95. The molecule has 0 bridgehead atoms. The molecule has 23 heavy (non-hydrogen) atoms. The molecule has 0 aliphatic rings. The standard InChI is InChI=1S/C15H16F3N3OS/c1-21(14(22)12-9-23-13(20-12)5-6-19)8-10-3-2-4-11(7-10)15(16,17)18/h2-4,7,9H,5-6,8,19H2,1H3. The normalized spacial score (nSPS) is 11.5. The molecular formula is C15H16F3N3OS. The van der Waals surface area contributed by atoms with Crippen molar-refractivity contribution in [2.75, 3.05) is 13.6 Å². The highest BCUT2D eigenvalue weighted by atomic mass is 32.1. The van der Waals surface area contributed by atoms with E-state index in [4.69, 9.17) is 5.73 Å². The van der Waals surface area contributed by atoms with Gasteiger partial charge in [0.15, 0.2) is 0 Å². The summed E-state index contributed by atoms with van der Waals surface area (Å²) in [6.07, 6.45) is -3.81. The number of nitrogens with zero attached hydrogens (tertiary/aromatic N) is 2. The van der Waals surface area contributed by atoms with Gasteiger partial charge in [-0.1, -0.05) is 12.1 Å². The zero-order chi connectivity index (χ0) is 17.0. The number of alkyl halides is 3. The predicted octanol–water partition coefficient (Wildman–Crippen LogP) is 2.94. The third kappa shape index (κ3) is 4.52. The minimum atomic E-state index is -4.40. The van der Waals surface area contributed by atoms with Gasteiger partial charge < -0.3 is 10.6 Å². The number of hydrogen-bond acceptors (Lipinski definition) is 4. The van der Waals surface area contributed by atoms with Crippen LogP contribution in [0.25, 0.3) is 0 Å². The van der Waals surface area contributed by atoms with Crippen molar-refractivity contribution in [3.8, 4) is 0 Å². The van der Waals surface area contributed by atoms with Gasteiger partial charge in [0.25, 0.3) is 5.91 Å². The van der Waals surface area contributed by atoms with Gasteiger partial charge >= 0.3 is 6.18 Å². The largest absolute Gasteiger partial charge is 0.416 e. The summed E-state index contributed by atoms with van der Waals surface area (Å²) in [6.45, 7) is 0.522. The molecule has 0 saturated heterocycles. The lowest BCUT2D eigenvalue weighted by Crippen LogP contribution is -2.26. The number of amides is 1. The van der Waals surface area contributed by atoms with Crippen LogP contribution < -0.4 is 5.73 Å². The van der Waals surface area contributed by atoms with Crippen molar-refractivity contribution in [3.05, 3.63) is 51.5 Å². The molecule has 0 radical (unpaired) electrons. The second-order valence-electron chi connectivity index (χ2n) is 5.02. The number of thiazole rings is 1. The Kier molecular flexibility index (Phi) is 5.38. The molecule has 124 valence electrons. The molecule has 2 aromatic rings. The molecule has 1 amide bonds. The molecule has 4 nitrogen and oxygen atoms in total. The number of carbonyl (C=O) groups excluding carboxylic acids is 1. The van der Waals surface area contributed by atoms with Crippen molar-refractivity contribution in [2.45, 2.75) is 19.1 Å². The van der Waals surface area contributed by atoms with Gasteiger partial charge in [0.2, 0.25) is 0 Å². The average molecular weight is 343 g/mol. The van der Waals surface area contributed by atoms with E-state index >= 15 is 0 Å². The quantitative estimate of drug-likeness (QED) is 0.908. The van der Waals surface area contributed by atoms with Crippen LogP contribution in [-0.4, -0.2) is 29.4 Å². The number of halogens is 3. The Morgan fingerprint density at radius 2 is 2.13 bits per heavy atom. The van der Waals surface area contributed by atoms with Crippen molar-refractivity contribution in [2.24, 2.45) is 5.73 Å². The van der Waals surface area contributed by atoms with Crippen LogP contribution in [0.5, 0.6) is 0 Å². The van der Waals surface area contributed by atoms with Crippen molar-refractivity contribution >= 4 is 17.2 Å². The van der Waals surface area contributed by atoms with E-state index in [1.54, 1.807) is 11.4 Å². The SMILES string of the molecule is CN(Cc1cccc(C(F)(F)F)c1)C(=O)c1csc(CCN)n1. The Hall–Kier alpha value is -1.93. The minimum absolute atomic E-state index is 0.0759. The van der Waals surface area contributed by atoms with Gasteiger partial charge in [-0.2, -0.15) is 13.2 Å². The Balaban J connectivity index is 2.08. The zero-order valence-electron chi connectivity index (χ0n) is 12.4. The lowest BCUT2D eigenvalue weighted by atomic mass is 10.1. The van der Waals surface area contributed by atoms with Gasteiger partial charge in [-0.3, -0.25) is 4.79 Å². The van der Waals surface area contributed by atoms with E-state index in [2.05, 4.69) is 4.98 Å². The van der Waals surface area contributed by atoms with Gasteiger partial charge in [-0.25, -0.2) is 4.98 Å². The molecule has 0 aliphatic carbocycles. The van der Waals surface area contributed by atoms with E-state index in [1.807, 2.05) is 0 Å². The number of aromatic nitrogens is 1. The topological polar surface area (TPSA) is 59.2 Å². The van der Waals surface area contributed by atoms with Crippen LogP contribution in [-0.2, 0) is 19.1 Å². The number of carbonyl (C=O) groups is 1. The maximum absolute atomic E-state index is 12.7. The summed E-state index contributed by atoms with van der Waals surface area (Å²) in [7, 11) is 1.53. The predicted molar refractivity (Wildman–Crippen MR) is 82.1 cm³/mol. The molecule has 0 spiro atoms. The first-order valence-corrected chi connectivity index (χ1v) is 7.75. The molecule has 0 fully saturated rings. The van der Waals surface area contributed by atoms with E-state index in [9.17, 15) is 18.0 Å². The highest BCUT2D eigenvalue weighted by Crippen LogP contribution is 2.29. The first kappa shape index (κ1) is 17.4. The third-order valence-electron chi connectivity index (χ3n) is 3.15. The summed E-state index contributed by atoms with van der Waals surface area (Å²) in [6, 6.07) is 4.94. The van der Waals surface area contributed by atoms with Crippen LogP contribution in [0.4, 0.5) is 13.2 Å². The molecule has 2 N–H and O–H groups in total. The molecular weight excluding hydrogens is 327 g/mol. The number of benzene rings is 1. The van der Waals surface area contributed by atoms with Crippen molar-refractivity contribution < 1.29 is 18.0 Å². The lowest BCUT2D eigenvalue weighted by molar-refractivity contribution is -0.137. The van der Waals surface area contributed by atoms with E-state index in [0.717, 1.165) is 17.1 Å². The third-order valence-corrected chi connectivity index (χ3v) is 4.06. The molecule has 0 aliphatic heterocycles. The van der Waals surface area contributed by atoms with Crippen LogP contribution in [0.1, 0.15) is 26.6 Å². The second kappa shape index (κ2) is 7.10. The smallest absolute Gasteiger partial charge is 0.336 e. The van der Waals surface area contributed by atoms with Gasteiger partial charge in [-0.05, 0) is 24.2 Å². The van der Waals surface area contributed by atoms with E-state index in [-0.39, 0.29) is 18.1 Å². The van der Waals surface area contributed by atoms with Gasteiger partial charge in [0.05, 0.1) is 10.6 Å². The first-order chi connectivity index (χ1) is 10.8.